The zero-order chi connectivity index (χ0) is 11.4. The van der Waals surface area contributed by atoms with Gasteiger partial charge < -0.3 is 5.11 Å². The summed E-state index contributed by atoms with van der Waals surface area (Å²) >= 11 is 0. The van der Waals surface area contributed by atoms with E-state index in [2.05, 4.69) is 10.1 Å². The molecule has 2 aromatic heterocycles. The topological polar surface area (TPSA) is 87.5 Å². The van der Waals surface area contributed by atoms with E-state index in [1.54, 1.807) is 6.07 Å². The van der Waals surface area contributed by atoms with Crippen molar-refractivity contribution in [2.24, 2.45) is 0 Å². The molecule has 0 unspecified atom stereocenters. The number of carboxylic acids is 1. The Morgan fingerprint density at radius 1 is 1.53 bits per heavy atom. The number of aromatic carboxylic acids is 1. The van der Waals surface area contributed by atoms with Crippen LogP contribution < -0.4 is 5.56 Å². The molecule has 0 aliphatic carbocycles. The molecule has 2 N–H and O–H groups in total. The minimum atomic E-state index is -1.28. The van der Waals surface area contributed by atoms with E-state index in [-0.39, 0.29) is 5.56 Å². The summed E-state index contributed by atoms with van der Waals surface area (Å²) in [6.07, 6.45) is 2.56. The number of aromatic nitrogens is 3. The molecular formula is C9H11N3O3. The first-order chi connectivity index (χ1) is 7.20. The Kier molecular flexibility index (Phi) is 3.22. The maximum Gasteiger partial charge on any atom is 0.343 e. The smallest absolute Gasteiger partial charge is 0.343 e. The van der Waals surface area contributed by atoms with Crippen LogP contribution in [0.4, 0.5) is 0 Å². The van der Waals surface area contributed by atoms with Crippen LogP contribution in [0.15, 0.2) is 23.3 Å². The van der Waals surface area contributed by atoms with Gasteiger partial charge in [-0.1, -0.05) is 13.8 Å². The van der Waals surface area contributed by atoms with Crippen LogP contribution in [-0.4, -0.2) is 25.7 Å². The number of nitrogens with one attached hydrogen (secondary N) is 1. The Morgan fingerprint density at radius 3 is 2.80 bits per heavy atom. The van der Waals surface area contributed by atoms with Gasteiger partial charge in [-0.25, -0.2) is 14.3 Å². The second-order valence-corrected chi connectivity index (χ2v) is 2.44. The van der Waals surface area contributed by atoms with Gasteiger partial charge in [0.15, 0.2) is 5.65 Å². The predicted octanol–water partition coefficient (Wildman–Crippen LogP) is 0.747. The monoisotopic (exact) mass is 209 g/mol. The molecule has 2 aromatic rings. The fourth-order valence-corrected chi connectivity index (χ4v) is 1.04. The molecule has 0 bridgehead atoms. The van der Waals surface area contributed by atoms with Crippen LogP contribution in [-0.2, 0) is 0 Å². The van der Waals surface area contributed by atoms with E-state index < -0.39 is 11.5 Å². The van der Waals surface area contributed by atoms with Crippen LogP contribution in [0.2, 0.25) is 0 Å². The molecule has 0 fully saturated rings. The Hall–Kier alpha value is -2.11. The molecule has 0 amide bonds. The Morgan fingerprint density at radius 2 is 2.20 bits per heavy atom. The first kappa shape index (κ1) is 11.0. The van der Waals surface area contributed by atoms with Crippen LogP contribution in [0.1, 0.15) is 24.2 Å². The highest BCUT2D eigenvalue weighted by Crippen LogP contribution is 1.95. The van der Waals surface area contributed by atoms with Crippen LogP contribution in [0.25, 0.3) is 5.65 Å². The van der Waals surface area contributed by atoms with E-state index >= 15 is 0 Å². The molecule has 6 nitrogen and oxygen atoms in total. The van der Waals surface area contributed by atoms with E-state index in [4.69, 9.17) is 5.11 Å². The third kappa shape index (κ3) is 1.88. The quantitative estimate of drug-likeness (QED) is 0.725. The minimum Gasteiger partial charge on any atom is -0.477 e. The second-order valence-electron chi connectivity index (χ2n) is 2.44. The largest absolute Gasteiger partial charge is 0.477 e. The number of rotatable bonds is 1. The van der Waals surface area contributed by atoms with Crippen molar-refractivity contribution in [2.75, 3.05) is 0 Å². The lowest BCUT2D eigenvalue weighted by Gasteiger charge is -1.94. The van der Waals surface area contributed by atoms with Gasteiger partial charge in [0.1, 0.15) is 5.56 Å². The number of H-pyrrole nitrogens is 1. The van der Waals surface area contributed by atoms with Gasteiger partial charge in [0.2, 0.25) is 0 Å². The van der Waals surface area contributed by atoms with E-state index in [1.165, 1.54) is 6.20 Å². The summed E-state index contributed by atoms with van der Waals surface area (Å²) in [5.41, 5.74) is -0.558. The highest BCUT2D eigenvalue weighted by molar-refractivity contribution is 5.86. The summed E-state index contributed by atoms with van der Waals surface area (Å²) in [4.78, 5) is 25.6. The lowest BCUT2D eigenvalue weighted by atomic mass is 10.3. The Labute approximate surface area is 85.2 Å². The zero-order valence-electron chi connectivity index (χ0n) is 8.39. The third-order valence-electron chi connectivity index (χ3n) is 1.65. The first-order valence-corrected chi connectivity index (χ1v) is 4.48. The van der Waals surface area contributed by atoms with E-state index in [0.29, 0.717) is 5.65 Å². The van der Waals surface area contributed by atoms with Crippen molar-refractivity contribution >= 4 is 11.6 Å². The lowest BCUT2D eigenvalue weighted by molar-refractivity contribution is 0.0694. The summed E-state index contributed by atoms with van der Waals surface area (Å²) < 4.78 is 1.07. The molecule has 0 atom stereocenters. The molecule has 0 aromatic carbocycles. The second kappa shape index (κ2) is 4.41. The molecule has 0 saturated heterocycles. The van der Waals surface area contributed by atoms with Gasteiger partial charge in [0, 0.05) is 18.5 Å². The molecule has 0 saturated carbocycles. The van der Waals surface area contributed by atoms with Gasteiger partial charge in [0.05, 0.1) is 0 Å². The molecule has 0 spiro atoms. The van der Waals surface area contributed by atoms with E-state index in [0.717, 1.165) is 10.7 Å². The zero-order valence-corrected chi connectivity index (χ0v) is 8.39. The van der Waals surface area contributed by atoms with E-state index in [1.807, 2.05) is 13.8 Å². The first-order valence-electron chi connectivity index (χ1n) is 4.48. The summed E-state index contributed by atoms with van der Waals surface area (Å²) in [7, 11) is 0. The molecule has 80 valence electrons. The Bertz CT molecular complexity index is 527. The van der Waals surface area contributed by atoms with Crippen LogP contribution in [0, 0.1) is 0 Å². The van der Waals surface area contributed by atoms with Crippen LogP contribution >= 0.6 is 0 Å². The number of nitrogens with zero attached hydrogens (tertiary/aromatic N) is 2. The number of hydrogen-bond donors (Lipinski definition) is 2. The number of carboxylic acid groups (broad SMARTS) is 1. The van der Waals surface area contributed by atoms with Gasteiger partial charge in [-0.05, 0) is 0 Å². The third-order valence-corrected chi connectivity index (χ3v) is 1.65. The van der Waals surface area contributed by atoms with E-state index in [9.17, 15) is 9.59 Å². The van der Waals surface area contributed by atoms with Crippen LogP contribution in [0.5, 0.6) is 0 Å². The molecule has 0 aliphatic rings. The summed E-state index contributed by atoms with van der Waals surface area (Å²) in [6.45, 7) is 4.00. The molecule has 0 radical (unpaired) electrons. The summed E-state index contributed by atoms with van der Waals surface area (Å²) in [5.74, 6) is -1.28. The normalized spacial score (nSPS) is 9.47. The SMILES string of the molecule is CC.O=C(O)c1cnc2cc[nH]n2c1=O. The van der Waals surface area contributed by atoms with Gasteiger partial charge in [-0.2, -0.15) is 0 Å². The van der Waals surface area contributed by atoms with Gasteiger partial charge in [0.25, 0.3) is 5.56 Å². The van der Waals surface area contributed by atoms with Crippen molar-refractivity contribution in [3.8, 4) is 0 Å². The van der Waals surface area contributed by atoms with Gasteiger partial charge >= 0.3 is 5.97 Å². The number of aromatic amines is 1. The summed E-state index contributed by atoms with van der Waals surface area (Å²) in [6, 6.07) is 1.58. The standard InChI is InChI=1S/C7H5N3O3.C2H6/c11-6-4(7(12)13)3-8-5-1-2-9-10(5)6;1-2/h1-3,9H,(H,12,13);1-2H3. The van der Waals surface area contributed by atoms with Crippen molar-refractivity contribution in [2.45, 2.75) is 13.8 Å². The van der Waals surface area contributed by atoms with Crippen molar-refractivity contribution in [1.29, 1.82) is 0 Å². The predicted molar refractivity (Wildman–Crippen MR) is 54.1 cm³/mol. The van der Waals surface area contributed by atoms with Crippen molar-refractivity contribution in [3.05, 3.63) is 34.4 Å². The van der Waals surface area contributed by atoms with Gasteiger partial charge in [-0.15, -0.1) is 0 Å². The molecular weight excluding hydrogens is 198 g/mol. The minimum absolute atomic E-state index is 0.347. The Balaban J connectivity index is 0.000000531. The fourth-order valence-electron chi connectivity index (χ4n) is 1.04. The maximum absolute atomic E-state index is 11.3. The molecule has 2 heterocycles. The van der Waals surface area contributed by atoms with Crippen molar-refractivity contribution in [1.82, 2.24) is 14.6 Å². The molecule has 6 heteroatoms. The molecule has 15 heavy (non-hydrogen) atoms. The van der Waals surface area contributed by atoms with Crippen molar-refractivity contribution < 1.29 is 9.90 Å². The number of carbonyl (C=O) groups is 1. The highest BCUT2D eigenvalue weighted by Gasteiger charge is 2.11. The summed E-state index contributed by atoms with van der Waals surface area (Å²) in [5, 5.41) is 11.2. The number of hydrogen-bond acceptors (Lipinski definition) is 3. The average molecular weight is 209 g/mol. The van der Waals surface area contributed by atoms with Gasteiger partial charge in [-0.3, -0.25) is 9.89 Å². The lowest BCUT2D eigenvalue weighted by Crippen LogP contribution is -2.22. The molecule has 2 rings (SSSR count). The molecule has 0 aliphatic heterocycles. The van der Waals surface area contributed by atoms with Crippen molar-refractivity contribution in [3.63, 3.8) is 0 Å². The number of fused-ring (bicyclic) bond motifs is 1. The fraction of sp³-hybridized carbons (Fsp3) is 0.222. The maximum atomic E-state index is 11.3. The average Bonchev–Trinajstić information content (AvgIpc) is 2.69. The van der Waals surface area contributed by atoms with Crippen LogP contribution in [0.3, 0.4) is 0 Å². The highest BCUT2D eigenvalue weighted by atomic mass is 16.4.